The Morgan fingerprint density at radius 2 is 2.05 bits per heavy atom. The molecule has 6 nitrogen and oxygen atoms in total. The van der Waals surface area contributed by atoms with Gasteiger partial charge in [0.1, 0.15) is 0 Å². The molecule has 0 saturated heterocycles. The van der Waals surface area contributed by atoms with Crippen molar-refractivity contribution in [1.82, 2.24) is 9.55 Å². The number of H-pyrrole nitrogens is 1. The summed E-state index contributed by atoms with van der Waals surface area (Å²) in [6.45, 7) is 5.98. The molecule has 19 heavy (non-hydrogen) atoms. The molecule has 1 aromatic rings. The number of carbonyl (C=O) groups is 1. The summed E-state index contributed by atoms with van der Waals surface area (Å²) in [4.78, 5) is 37.5. The van der Waals surface area contributed by atoms with Gasteiger partial charge in [0.25, 0.3) is 5.56 Å². The number of methoxy groups -OCH3 is 1. The van der Waals surface area contributed by atoms with E-state index in [2.05, 4.69) is 4.98 Å². The van der Waals surface area contributed by atoms with Crippen molar-refractivity contribution in [3.63, 3.8) is 0 Å². The van der Waals surface area contributed by atoms with Crippen LogP contribution in [0.3, 0.4) is 0 Å². The molecule has 1 heterocycles. The van der Waals surface area contributed by atoms with Gasteiger partial charge in [0.15, 0.2) is 5.78 Å². The minimum atomic E-state index is -0.540. The fraction of sp³-hybridized carbons (Fsp3) is 0.615. The van der Waals surface area contributed by atoms with Crippen LogP contribution in [0.25, 0.3) is 0 Å². The highest BCUT2D eigenvalue weighted by Gasteiger charge is 2.21. The topological polar surface area (TPSA) is 81.2 Å². The van der Waals surface area contributed by atoms with Gasteiger partial charge in [-0.3, -0.25) is 14.2 Å². The predicted molar refractivity (Wildman–Crippen MR) is 71.6 cm³/mol. The zero-order valence-electron chi connectivity index (χ0n) is 11.8. The number of hydrogen-bond acceptors (Lipinski definition) is 4. The number of carbonyl (C=O) groups excluding carboxylic acids is 1. The summed E-state index contributed by atoms with van der Waals surface area (Å²) in [5.74, 6) is -0.357. The molecular weight excluding hydrogens is 248 g/mol. The van der Waals surface area contributed by atoms with Crippen LogP contribution in [-0.4, -0.2) is 29.1 Å². The van der Waals surface area contributed by atoms with Gasteiger partial charge in [-0.15, -0.1) is 0 Å². The van der Waals surface area contributed by atoms with E-state index in [-0.39, 0.29) is 23.3 Å². The summed E-state index contributed by atoms with van der Waals surface area (Å²) >= 11 is 0. The normalized spacial score (nSPS) is 11.6. The van der Waals surface area contributed by atoms with Gasteiger partial charge >= 0.3 is 5.69 Å². The van der Waals surface area contributed by atoms with Crippen LogP contribution in [0.4, 0.5) is 0 Å². The third-order valence-corrected chi connectivity index (χ3v) is 3.01. The Morgan fingerprint density at radius 1 is 1.42 bits per heavy atom. The van der Waals surface area contributed by atoms with Gasteiger partial charge in [-0.05, 0) is 18.8 Å². The third kappa shape index (κ3) is 3.89. The Morgan fingerprint density at radius 3 is 2.58 bits per heavy atom. The van der Waals surface area contributed by atoms with Crippen molar-refractivity contribution in [1.29, 1.82) is 0 Å². The Labute approximate surface area is 111 Å². The monoisotopic (exact) mass is 268 g/mol. The Hall–Kier alpha value is -1.69. The second kappa shape index (κ2) is 5.97. The van der Waals surface area contributed by atoms with Gasteiger partial charge in [-0.25, -0.2) is 4.79 Å². The molecular formula is C13H20N2O4. The van der Waals surface area contributed by atoms with Gasteiger partial charge < -0.3 is 9.72 Å². The summed E-state index contributed by atoms with van der Waals surface area (Å²) in [5.41, 5.74) is -1.31. The molecule has 0 atom stereocenters. The molecule has 0 aliphatic carbocycles. The van der Waals surface area contributed by atoms with Crippen LogP contribution >= 0.6 is 0 Å². The number of nitrogens with one attached hydrogen (secondary N) is 1. The largest absolute Gasteiger partial charge is 0.385 e. The summed E-state index contributed by atoms with van der Waals surface area (Å²) < 4.78 is 6.09. The lowest BCUT2D eigenvalue weighted by Crippen LogP contribution is -2.41. The molecule has 0 fully saturated rings. The van der Waals surface area contributed by atoms with E-state index in [9.17, 15) is 14.4 Å². The summed E-state index contributed by atoms with van der Waals surface area (Å²) in [5, 5.41) is 0. The highest BCUT2D eigenvalue weighted by Crippen LogP contribution is 2.21. The number of aromatic nitrogens is 2. The van der Waals surface area contributed by atoms with Crippen LogP contribution in [-0.2, 0) is 11.3 Å². The van der Waals surface area contributed by atoms with Crippen molar-refractivity contribution in [3.8, 4) is 0 Å². The first-order valence-corrected chi connectivity index (χ1v) is 6.11. The smallest absolute Gasteiger partial charge is 0.328 e. The molecule has 0 aliphatic heterocycles. The number of aromatic amines is 1. The van der Waals surface area contributed by atoms with Crippen LogP contribution in [0.5, 0.6) is 0 Å². The second-order valence-electron chi connectivity index (χ2n) is 5.36. The number of rotatable bonds is 6. The van der Waals surface area contributed by atoms with E-state index in [0.717, 1.165) is 4.57 Å². The summed E-state index contributed by atoms with van der Waals surface area (Å²) in [6, 6.07) is 0. The standard InChI is InChI=1S/C13H20N2O4/c1-9(16)10-7-14-12(18)15(11(10)17)8-13(2,3)5-6-19-4/h7H,5-6,8H2,1-4H3,(H,14,18). The van der Waals surface area contributed by atoms with Crippen LogP contribution < -0.4 is 11.2 Å². The van der Waals surface area contributed by atoms with Gasteiger partial charge in [-0.2, -0.15) is 0 Å². The molecule has 1 aromatic heterocycles. The first-order chi connectivity index (χ1) is 8.78. The van der Waals surface area contributed by atoms with Crippen LogP contribution in [0, 0.1) is 5.41 Å². The second-order valence-corrected chi connectivity index (χ2v) is 5.36. The van der Waals surface area contributed by atoms with E-state index in [1.807, 2.05) is 13.8 Å². The quantitative estimate of drug-likeness (QED) is 0.774. The van der Waals surface area contributed by atoms with Crippen molar-refractivity contribution < 1.29 is 9.53 Å². The summed E-state index contributed by atoms with van der Waals surface area (Å²) in [6.07, 6.45) is 1.88. The minimum absolute atomic E-state index is 0.00198. The molecule has 1 N–H and O–H groups in total. The minimum Gasteiger partial charge on any atom is -0.385 e. The van der Waals surface area contributed by atoms with Gasteiger partial charge in [0.05, 0.1) is 5.56 Å². The van der Waals surface area contributed by atoms with Crippen molar-refractivity contribution in [3.05, 3.63) is 32.6 Å². The molecule has 0 bridgehead atoms. The van der Waals surface area contributed by atoms with E-state index >= 15 is 0 Å². The molecule has 0 unspecified atom stereocenters. The Balaban J connectivity index is 3.14. The van der Waals surface area contributed by atoms with Crippen molar-refractivity contribution in [2.75, 3.05) is 13.7 Å². The van der Waals surface area contributed by atoms with Crippen LogP contribution in [0.15, 0.2) is 15.8 Å². The fourth-order valence-corrected chi connectivity index (χ4v) is 1.79. The Bertz CT molecular complexity index is 569. The van der Waals surface area contributed by atoms with E-state index < -0.39 is 11.2 Å². The number of nitrogens with zero attached hydrogens (tertiary/aromatic N) is 1. The molecule has 0 saturated carbocycles. The number of ether oxygens (including phenoxy) is 1. The number of Topliss-reactive ketones (excluding diaryl/α,β-unsaturated/α-hetero) is 1. The molecule has 0 spiro atoms. The zero-order chi connectivity index (χ0) is 14.6. The molecule has 0 radical (unpaired) electrons. The fourth-order valence-electron chi connectivity index (χ4n) is 1.79. The molecule has 1 rings (SSSR count). The zero-order valence-corrected chi connectivity index (χ0v) is 11.8. The highest BCUT2D eigenvalue weighted by atomic mass is 16.5. The SMILES string of the molecule is COCCC(C)(C)Cn1c(=O)[nH]cc(C(C)=O)c1=O. The lowest BCUT2D eigenvalue weighted by molar-refractivity contribution is 0.101. The predicted octanol–water partition coefficient (Wildman–Crippen LogP) is 0.802. The average molecular weight is 268 g/mol. The van der Waals surface area contributed by atoms with Crippen molar-refractivity contribution in [2.45, 2.75) is 33.7 Å². The lowest BCUT2D eigenvalue weighted by atomic mass is 9.89. The van der Waals surface area contributed by atoms with E-state index in [0.29, 0.717) is 13.0 Å². The highest BCUT2D eigenvalue weighted by molar-refractivity contribution is 5.93. The third-order valence-electron chi connectivity index (χ3n) is 3.01. The lowest BCUT2D eigenvalue weighted by Gasteiger charge is -2.24. The maximum atomic E-state index is 12.1. The van der Waals surface area contributed by atoms with E-state index in [1.165, 1.54) is 13.1 Å². The summed E-state index contributed by atoms with van der Waals surface area (Å²) in [7, 11) is 1.60. The maximum Gasteiger partial charge on any atom is 0.328 e. The van der Waals surface area contributed by atoms with Crippen molar-refractivity contribution >= 4 is 5.78 Å². The van der Waals surface area contributed by atoms with Gasteiger partial charge in [0.2, 0.25) is 0 Å². The molecule has 106 valence electrons. The number of ketones is 1. The average Bonchev–Trinajstić information content (AvgIpc) is 2.31. The molecule has 6 heteroatoms. The van der Waals surface area contributed by atoms with Gasteiger partial charge in [0, 0.05) is 26.5 Å². The first-order valence-electron chi connectivity index (χ1n) is 6.11. The van der Waals surface area contributed by atoms with Crippen molar-refractivity contribution in [2.24, 2.45) is 5.41 Å². The van der Waals surface area contributed by atoms with E-state index in [4.69, 9.17) is 4.74 Å². The molecule has 0 aromatic carbocycles. The molecule has 0 aliphatic rings. The Kier molecular flexibility index (Phi) is 4.83. The van der Waals surface area contributed by atoms with Crippen LogP contribution in [0.2, 0.25) is 0 Å². The number of hydrogen-bond donors (Lipinski definition) is 1. The maximum absolute atomic E-state index is 12.1. The van der Waals surface area contributed by atoms with Gasteiger partial charge in [-0.1, -0.05) is 13.8 Å². The first kappa shape index (κ1) is 15.4. The molecule has 0 amide bonds. The van der Waals surface area contributed by atoms with Crippen LogP contribution in [0.1, 0.15) is 37.6 Å². The van der Waals surface area contributed by atoms with E-state index in [1.54, 1.807) is 7.11 Å².